The van der Waals surface area contributed by atoms with Gasteiger partial charge in [0.05, 0.1) is 25.9 Å². The van der Waals surface area contributed by atoms with E-state index in [9.17, 15) is 30.7 Å². The van der Waals surface area contributed by atoms with Gasteiger partial charge >= 0.3 is 12.3 Å². The van der Waals surface area contributed by atoms with E-state index in [-0.39, 0.29) is 44.0 Å². The summed E-state index contributed by atoms with van der Waals surface area (Å²) in [6.45, 7) is 2.32. The van der Waals surface area contributed by atoms with Gasteiger partial charge in [-0.15, -0.1) is 0 Å². The van der Waals surface area contributed by atoms with E-state index in [1.807, 2.05) is 0 Å². The summed E-state index contributed by atoms with van der Waals surface area (Å²) in [5.41, 5.74) is -2.19. The van der Waals surface area contributed by atoms with Crippen LogP contribution in [0, 0.1) is 35.3 Å². The zero-order valence-corrected chi connectivity index (χ0v) is 21.8. The molecule has 0 atom stereocenters. The number of benzene rings is 1. The minimum absolute atomic E-state index is 0.0419. The minimum atomic E-state index is -5.33. The largest absolute Gasteiger partial charge is 0.451 e. The van der Waals surface area contributed by atoms with Crippen molar-refractivity contribution in [2.75, 3.05) is 19.8 Å². The van der Waals surface area contributed by atoms with E-state index in [1.54, 1.807) is 0 Å². The van der Waals surface area contributed by atoms with Gasteiger partial charge in [0.15, 0.2) is 0 Å². The quantitative estimate of drug-likeness (QED) is 0.236. The number of alkyl halides is 5. The van der Waals surface area contributed by atoms with E-state index in [2.05, 4.69) is 23.8 Å². The van der Waals surface area contributed by atoms with Gasteiger partial charge in [0, 0.05) is 18.1 Å². The summed E-state index contributed by atoms with van der Waals surface area (Å²) in [5.74, 6) is -3.48. The van der Waals surface area contributed by atoms with Crippen molar-refractivity contribution in [2.24, 2.45) is 23.7 Å². The molecular formula is C28H35F7O4. The van der Waals surface area contributed by atoms with Gasteiger partial charge in [-0.25, -0.2) is 8.78 Å². The minimum Gasteiger partial charge on any atom is -0.429 e. The molecular weight excluding hydrogens is 533 g/mol. The van der Waals surface area contributed by atoms with Crippen molar-refractivity contribution in [2.45, 2.75) is 83.0 Å². The maximum atomic E-state index is 14.5. The van der Waals surface area contributed by atoms with Crippen molar-refractivity contribution in [1.82, 2.24) is 0 Å². The molecule has 39 heavy (non-hydrogen) atoms. The molecule has 2 saturated carbocycles. The van der Waals surface area contributed by atoms with Crippen LogP contribution in [0.3, 0.4) is 0 Å². The third-order valence-electron chi connectivity index (χ3n) is 7.80. The Bertz CT molecular complexity index is 936. The average molecular weight is 569 g/mol. The molecule has 2 aliphatic carbocycles. The summed E-state index contributed by atoms with van der Waals surface area (Å²) < 4.78 is 115. The third-order valence-corrected chi connectivity index (χ3v) is 7.80. The fourth-order valence-electron chi connectivity index (χ4n) is 5.43. The van der Waals surface area contributed by atoms with Crippen LogP contribution in [0.15, 0.2) is 24.3 Å². The molecule has 1 aromatic carbocycles. The number of allylic oxidation sites excluding steroid dienone is 2. The molecule has 1 aromatic rings. The summed E-state index contributed by atoms with van der Waals surface area (Å²) in [5, 5.41) is 0. The molecule has 0 bridgehead atoms. The van der Waals surface area contributed by atoms with Crippen molar-refractivity contribution in [3.05, 3.63) is 41.5 Å². The molecule has 0 spiro atoms. The van der Waals surface area contributed by atoms with Crippen LogP contribution in [0.25, 0.3) is 0 Å². The second-order valence-corrected chi connectivity index (χ2v) is 11.1. The second-order valence-electron chi connectivity index (χ2n) is 11.1. The average Bonchev–Trinajstić information content (AvgIpc) is 2.86. The molecule has 1 saturated heterocycles. The SMILES string of the molecule is CC1CCC(/C=C/C2CCC(OCC3COC(C(F)(F)Oc4cc(F)c(C(F)(F)F)c(F)c4)OC3)CC2)CC1. The topological polar surface area (TPSA) is 36.9 Å². The van der Waals surface area contributed by atoms with E-state index >= 15 is 0 Å². The molecule has 4 nitrogen and oxygen atoms in total. The summed E-state index contributed by atoms with van der Waals surface area (Å²) in [4.78, 5) is 0. The highest BCUT2D eigenvalue weighted by Gasteiger charge is 2.48. The fourth-order valence-corrected chi connectivity index (χ4v) is 5.43. The maximum absolute atomic E-state index is 14.5. The van der Waals surface area contributed by atoms with Gasteiger partial charge in [0.2, 0.25) is 0 Å². The molecule has 4 rings (SSSR count). The van der Waals surface area contributed by atoms with E-state index in [1.165, 1.54) is 25.7 Å². The van der Waals surface area contributed by atoms with Crippen LogP contribution in [0.5, 0.6) is 5.75 Å². The van der Waals surface area contributed by atoms with Crippen molar-refractivity contribution < 1.29 is 49.7 Å². The predicted molar refractivity (Wildman–Crippen MR) is 128 cm³/mol. The van der Waals surface area contributed by atoms with Crippen LogP contribution in [0.2, 0.25) is 0 Å². The monoisotopic (exact) mass is 568 g/mol. The van der Waals surface area contributed by atoms with Gasteiger partial charge in [-0.2, -0.15) is 22.0 Å². The molecule has 0 N–H and O–H groups in total. The summed E-state index contributed by atoms with van der Waals surface area (Å²) in [6, 6.07) is 0.0838. The Morgan fingerprint density at radius 2 is 1.33 bits per heavy atom. The summed E-state index contributed by atoms with van der Waals surface area (Å²) in [7, 11) is 0. The van der Waals surface area contributed by atoms with Crippen molar-refractivity contribution in [3.63, 3.8) is 0 Å². The molecule has 3 fully saturated rings. The molecule has 0 unspecified atom stereocenters. The van der Waals surface area contributed by atoms with Crippen LogP contribution in [0.1, 0.15) is 63.9 Å². The first-order valence-electron chi connectivity index (χ1n) is 13.6. The predicted octanol–water partition coefficient (Wildman–Crippen LogP) is 7.90. The Kier molecular flexibility index (Phi) is 9.86. The van der Waals surface area contributed by atoms with Crippen LogP contribution in [0.4, 0.5) is 30.7 Å². The van der Waals surface area contributed by atoms with Crippen LogP contribution in [-0.2, 0) is 20.4 Å². The lowest BCUT2D eigenvalue weighted by Crippen LogP contribution is -2.48. The molecule has 0 radical (unpaired) electrons. The lowest BCUT2D eigenvalue weighted by molar-refractivity contribution is -0.353. The van der Waals surface area contributed by atoms with Gasteiger partial charge in [-0.05, 0) is 56.3 Å². The Hall–Kier alpha value is -1.85. The Balaban J connectivity index is 1.17. The molecule has 11 heteroatoms. The van der Waals surface area contributed by atoms with Crippen LogP contribution in [-0.4, -0.2) is 38.3 Å². The highest BCUT2D eigenvalue weighted by Crippen LogP contribution is 2.38. The molecule has 220 valence electrons. The van der Waals surface area contributed by atoms with Gasteiger partial charge in [-0.1, -0.05) is 31.9 Å². The van der Waals surface area contributed by atoms with E-state index in [0.29, 0.717) is 11.8 Å². The molecule has 0 amide bonds. The first kappa shape index (κ1) is 30.1. The molecule has 3 aliphatic rings. The molecule has 0 aromatic heterocycles. The summed E-state index contributed by atoms with van der Waals surface area (Å²) >= 11 is 0. The highest BCUT2D eigenvalue weighted by atomic mass is 19.4. The smallest absolute Gasteiger partial charge is 0.429 e. The number of hydrogen-bond donors (Lipinski definition) is 0. The third kappa shape index (κ3) is 8.33. The number of hydrogen-bond acceptors (Lipinski definition) is 4. The van der Waals surface area contributed by atoms with Crippen LogP contribution >= 0.6 is 0 Å². The van der Waals surface area contributed by atoms with E-state index in [4.69, 9.17) is 14.2 Å². The van der Waals surface area contributed by atoms with E-state index in [0.717, 1.165) is 31.6 Å². The number of ether oxygens (including phenoxy) is 4. The van der Waals surface area contributed by atoms with Gasteiger partial charge in [-0.3, -0.25) is 0 Å². The number of rotatable bonds is 8. The zero-order chi connectivity index (χ0) is 28.2. The maximum Gasteiger partial charge on any atom is 0.451 e. The zero-order valence-electron chi connectivity index (χ0n) is 21.8. The first-order chi connectivity index (χ1) is 18.4. The first-order valence-corrected chi connectivity index (χ1v) is 13.6. The number of halogens is 7. The Morgan fingerprint density at radius 1 is 0.821 bits per heavy atom. The van der Waals surface area contributed by atoms with Gasteiger partial charge < -0.3 is 18.9 Å². The van der Waals surface area contributed by atoms with E-state index < -0.39 is 41.5 Å². The molecule has 1 heterocycles. The normalized spacial score (nSPS) is 31.0. The lowest BCUT2D eigenvalue weighted by Gasteiger charge is -2.34. The van der Waals surface area contributed by atoms with Crippen molar-refractivity contribution in [3.8, 4) is 5.75 Å². The van der Waals surface area contributed by atoms with Gasteiger partial charge in [0.1, 0.15) is 22.9 Å². The Morgan fingerprint density at radius 3 is 1.85 bits per heavy atom. The molecule has 1 aliphatic heterocycles. The standard InChI is InChI=1S/C28H35F7O4/c1-17-2-4-18(5-3-17)6-7-19-8-10-21(11-9-19)36-14-20-15-37-26(38-16-20)28(34,35)39-22-12-23(29)25(24(30)13-22)27(31,32)33/h6-7,12-13,17-21,26H,2-5,8-11,14-16H2,1H3/b7-6+. The summed E-state index contributed by atoms with van der Waals surface area (Å²) in [6.07, 6.45) is 2.18. The second kappa shape index (κ2) is 12.8. The van der Waals surface area contributed by atoms with Crippen LogP contribution < -0.4 is 4.74 Å². The van der Waals surface area contributed by atoms with Gasteiger partial charge in [0.25, 0.3) is 6.29 Å². The fraction of sp³-hybridized carbons (Fsp3) is 0.714. The Labute approximate surface area is 223 Å². The lowest BCUT2D eigenvalue weighted by atomic mass is 9.81. The van der Waals surface area contributed by atoms with Crippen molar-refractivity contribution >= 4 is 0 Å². The van der Waals surface area contributed by atoms with Crippen molar-refractivity contribution in [1.29, 1.82) is 0 Å². The highest BCUT2D eigenvalue weighted by molar-refractivity contribution is 5.32.